The summed E-state index contributed by atoms with van der Waals surface area (Å²) in [5, 5.41) is 4.66. The van der Waals surface area contributed by atoms with Crippen molar-refractivity contribution in [3.05, 3.63) is 39.7 Å². The van der Waals surface area contributed by atoms with Crippen molar-refractivity contribution in [3.63, 3.8) is 0 Å². The van der Waals surface area contributed by atoms with Crippen molar-refractivity contribution in [3.8, 4) is 0 Å². The van der Waals surface area contributed by atoms with Crippen LogP contribution in [-0.2, 0) is 6.54 Å². The van der Waals surface area contributed by atoms with Crippen LogP contribution in [0.3, 0.4) is 0 Å². The summed E-state index contributed by atoms with van der Waals surface area (Å²) in [6.07, 6.45) is 3.25. The minimum absolute atomic E-state index is 0.287. The van der Waals surface area contributed by atoms with Gasteiger partial charge in [-0.1, -0.05) is 11.6 Å². The van der Waals surface area contributed by atoms with Gasteiger partial charge in [-0.05, 0) is 23.7 Å². The van der Waals surface area contributed by atoms with E-state index in [1.807, 2.05) is 0 Å². The minimum atomic E-state index is -0.287. The van der Waals surface area contributed by atoms with Gasteiger partial charge >= 0.3 is 0 Å². The molecule has 18 heavy (non-hydrogen) atoms. The summed E-state index contributed by atoms with van der Waals surface area (Å²) >= 11 is 8.51. The highest BCUT2D eigenvalue weighted by atomic mass is 35.5. The zero-order valence-electron chi connectivity index (χ0n) is 8.98. The molecular formula is C11H7ClFN3S2. The molecule has 3 aromatic rings. The van der Waals surface area contributed by atoms with Crippen LogP contribution in [-0.4, -0.2) is 9.36 Å². The van der Waals surface area contributed by atoms with E-state index in [1.165, 1.54) is 28.9 Å². The molecule has 0 unspecified atom stereocenters. The molecular weight excluding hydrogens is 293 g/mol. The number of benzene rings is 1. The first-order valence-corrected chi connectivity index (χ1v) is 7.07. The number of halogens is 2. The lowest BCUT2D eigenvalue weighted by Gasteiger charge is -2.05. The molecule has 3 rings (SSSR count). The van der Waals surface area contributed by atoms with Crippen LogP contribution in [0.1, 0.15) is 5.01 Å². The Balaban J connectivity index is 1.83. The number of rotatable bonds is 3. The van der Waals surface area contributed by atoms with Crippen molar-refractivity contribution in [1.82, 2.24) is 9.36 Å². The van der Waals surface area contributed by atoms with Gasteiger partial charge in [0.1, 0.15) is 15.2 Å². The third kappa shape index (κ3) is 2.31. The number of aromatic nitrogens is 2. The highest BCUT2D eigenvalue weighted by Gasteiger charge is 2.07. The third-order valence-electron chi connectivity index (χ3n) is 2.40. The highest BCUT2D eigenvalue weighted by molar-refractivity contribution is 7.15. The Bertz CT molecular complexity index is 694. The average molecular weight is 300 g/mol. The van der Waals surface area contributed by atoms with Gasteiger partial charge in [0.2, 0.25) is 0 Å². The number of hydrogen-bond acceptors (Lipinski definition) is 5. The second-order valence-corrected chi connectivity index (χ2v) is 6.19. The summed E-state index contributed by atoms with van der Waals surface area (Å²) in [5.41, 5.74) is 0.457. The van der Waals surface area contributed by atoms with E-state index in [9.17, 15) is 4.39 Å². The predicted molar refractivity (Wildman–Crippen MR) is 74.0 cm³/mol. The molecule has 0 saturated carbocycles. The number of hydrogen-bond donors (Lipinski definition) is 1. The van der Waals surface area contributed by atoms with Crippen LogP contribution in [0.2, 0.25) is 4.34 Å². The maximum atomic E-state index is 13.8. The second-order valence-electron chi connectivity index (χ2n) is 3.61. The van der Waals surface area contributed by atoms with Gasteiger partial charge in [-0.2, -0.15) is 4.37 Å². The average Bonchev–Trinajstić information content (AvgIpc) is 2.94. The van der Waals surface area contributed by atoms with E-state index in [1.54, 1.807) is 18.5 Å². The molecule has 1 N–H and O–H groups in total. The van der Waals surface area contributed by atoms with Crippen molar-refractivity contribution < 1.29 is 4.39 Å². The van der Waals surface area contributed by atoms with Crippen LogP contribution in [0.5, 0.6) is 0 Å². The summed E-state index contributed by atoms with van der Waals surface area (Å²) < 4.78 is 19.4. The normalized spacial score (nSPS) is 11.0. The first kappa shape index (κ1) is 11.8. The molecule has 1 aromatic carbocycles. The zero-order valence-corrected chi connectivity index (χ0v) is 11.4. The number of nitrogens with zero attached hydrogens (tertiary/aromatic N) is 2. The van der Waals surface area contributed by atoms with Crippen LogP contribution in [0.4, 0.5) is 10.1 Å². The first-order chi connectivity index (χ1) is 8.72. The van der Waals surface area contributed by atoms with Crippen LogP contribution in [0.25, 0.3) is 10.1 Å². The fourth-order valence-corrected chi connectivity index (χ4v) is 3.13. The van der Waals surface area contributed by atoms with Crippen LogP contribution in [0, 0.1) is 5.82 Å². The lowest BCUT2D eigenvalue weighted by Crippen LogP contribution is -2.00. The third-order valence-corrected chi connectivity index (χ3v) is 4.27. The largest absolute Gasteiger partial charge is 0.376 e. The number of nitrogens with one attached hydrogen (secondary N) is 1. The summed E-state index contributed by atoms with van der Waals surface area (Å²) in [7, 11) is 0. The van der Waals surface area contributed by atoms with Gasteiger partial charge in [0, 0.05) is 11.6 Å². The molecule has 0 radical (unpaired) electrons. The zero-order chi connectivity index (χ0) is 12.5. The van der Waals surface area contributed by atoms with Crippen LogP contribution >= 0.6 is 34.5 Å². The molecule has 2 heterocycles. The first-order valence-electron chi connectivity index (χ1n) is 5.10. The van der Waals surface area contributed by atoms with Gasteiger partial charge in [0.25, 0.3) is 0 Å². The van der Waals surface area contributed by atoms with Crippen LogP contribution < -0.4 is 5.32 Å². The Morgan fingerprint density at radius 3 is 3.00 bits per heavy atom. The minimum Gasteiger partial charge on any atom is -0.376 e. The molecule has 0 aliphatic heterocycles. The van der Waals surface area contributed by atoms with Crippen LogP contribution in [0.15, 0.2) is 24.5 Å². The second kappa shape index (κ2) is 4.79. The molecule has 92 valence electrons. The smallest absolute Gasteiger partial charge is 0.147 e. The van der Waals surface area contributed by atoms with E-state index in [4.69, 9.17) is 11.6 Å². The summed E-state index contributed by atoms with van der Waals surface area (Å²) in [6.45, 7) is 0.457. The molecule has 0 atom stereocenters. The Kier molecular flexibility index (Phi) is 3.15. The standard InChI is InChI=1S/C11H7ClFN3S2/c12-10-4-15-11(17-10)5-14-8-2-9-6(1-7(8)13)3-16-18-9/h1-4,14H,5H2. The molecule has 0 amide bonds. The van der Waals surface area contributed by atoms with Gasteiger partial charge < -0.3 is 5.32 Å². The quantitative estimate of drug-likeness (QED) is 0.789. The molecule has 0 fully saturated rings. The molecule has 0 aliphatic carbocycles. The molecule has 0 bridgehead atoms. The molecule has 0 spiro atoms. The monoisotopic (exact) mass is 299 g/mol. The lowest BCUT2D eigenvalue weighted by molar-refractivity contribution is 0.632. The van der Waals surface area contributed by atoms with Gasteiger partial charge in [0.05, 0.1) is 23.1 Å². The maximum Gasteiger partial charge on any atom is 0.147 e. The Morgan fingerprint density at radius 2 is 2.22 bits per heavy atom. The maximum absolute atomic E-state index is 13.8. The predicted octanol–water partition coefficient (Wildman–Crippen LogP) is 4.16. The van der Waals surface area contributed by atoms with Crippen molar-refractivity contribution in [2.24, 2.45) is 0 Å². The summed E-state index contributed by atoms with van der Waals surface area (Å²) in [6, 6.07) is 3.24. The van der Waals surface area contributed by atoms with E-state index >= 15 is 0 Å². The van der Waals surface area contributed by atoms with Crippen molar-refractivity contribution >= 4 is 50.2 Å². The Hall–Kier alpha value is -1.24. The number of anilines is 1. The molecule has 3 nitrogen and oxygen atoms in total. The molecule has 0 aliphatic rings. The van der Waals surface area contributed by atoms with Crippen molar-refractivity contribution in [1.29, 1.82) is 0 Å². The van der Waals surface area contributed by atoms with Gasteiger partial charge in [-0.25, -0.2) is 9.37 Å². The van der Waals surface area contributed by atoms with E-state index < -0.39 is 0 Å². The fraction of sp³-hybridized carbons (Fsp3) is 0.0909. The lowest BCUT2D eigenvalue weighted by atomic mass is 10.2. The highest BCUT2D eigenvalue weighted by Crippen LogP contribution is 2.26. The van der Waals surface area contributed by atoms with Gasteiger partial charge in [-0.3, -0.25) is 0 Å². The fourth-order valence-electron chi connectivity index (χ4n) is 1.56. The Morgan fingerprint density at radius 1 is 1.33 bits per heavy atom. The topological polar surface area (TPSA) is 37.8 Å². The Labute approximate surface area is 115 Å². The number of fused-ring (bicyclic) bond motifs is 1. The van der Waals surface area contributed by atoms with Crippen molar-refractivity contribution in [2.75, 3.05) is 5.32 Å². The van der Waals surface area contributed by atoms with E-state index in [0.717, 1.165) is 15.1 Å². The number of thiazole rings is 1. The van der Waals surface area contributed by atoms with E-state index in [-0.39, 0.29) is 5.82 Å². The van der Waals surface area contributed by atoms with E-state index in [2.05, 4.69) is 14.7 Å². The van der Waals surface area contributed by atoms with Gasteiger partial charge in [0.15, 0.2) is 0 Å². The van der Waals surface area contributed by atoms with E-state index in [0.29, 0.717) is 16.6 Å². The molecule has 0 saturated heterocycles. The summed E-state index contributed by atoms with van der Waals surface area (Å²) in [5.74, 6) is -0.287. The summed E-state index contributed by atoms with van der Waals surface area (Å²) in [4.78, 5) is 4.10. The molecule has 7 heteroatoms. The van der Waals surface area contributed by atoms with Crippen molar-refractivity contribution in [2.45, 2.75) is 6.54 Å². The molecule has 2 aromatic heterocycles. The van der Waals surface area contributed by atoms with Gasteiger partial charge in [-0.15, -0.1) is 11.3 Å². The SMILES string of the molecule is Fc1cc2cnsc2cc1NCc1ncc(Cl)s1.